The van der Waals surface area contributed by atoms with E-state index in [2.05, 4.69) is 0 Å². The third-order valence-electron chi connectivity index (χ3n) is 4.67. The van der Waals surface area contributed by atoms with Crippen molar-refractivity contribution < 1.29 is 19.2 Å². The molecule has 0 unspecified atom stereocenters. The molecule has 1 saturated heterocycles. The molecule has 0 atom stereocenters. The summed E-state index contributed by atoms with van der Waals surface area (Å²) in [5.74, 6) is -1.72. The monoisotopic (exact) mass is 329 g/mol. The molecule has 0 aliphatic carbocycles. The van der Waals surface area contributed by atoms with Gasteiger partial charge in [0.05, 0.1) is 11.1 Å². The molecule has 7 heteroatoms. The van der Waals surface area contributed by atoms with Crippen molar-refractivity contribution in [1.82, 2.24) is 9.80 Å². The van der Waals surface area contributed by atoms with E-state index < -0.39 is 11.8 Å². The van der Waals surface area contributed by atoms with Crippen LogP contribution in [0.1, 0.15) is 39.1 Å². The third-order valence-corrected chi connectivity index (χ3v) is 4.67. The maximum atomic E-state index is 12.4. The fraction of sp³-hybridized carbons (Fsp3) is 0.412. The summed E-state index contributed by atoms with van der Waals surface area (Å²) in [4.78, 5) is 50.9. The molecule has 3 rings (SSSR count). The molecule has 0 bridgehead atoms. The molecular formula is C17H19N3O4. The highest BCUT2D eigenvalue weighted by Crippen LogP contribution is 2.24. The van der Waals surface area contributed by atoms with E-state index in [4.69, 9.17) is 5.73 Å². The Bertz CT molecular complexity index is 735. The number of carbonyl (C=O) groups excluding carboxylic acids is 4. The second-order valence-electron chi connectivity index (χ2n) is 6.30. The van der Waals surface area contributed by atoms with Crippen LogP contribution in [0.15, 0.2) is 18.2 Å². The Kier molecular flexibility index (Phi) is 4.09. The molecule has 2 aliphatic rings. The van der Waals surface area contributed by atoms with Crippen LogP contribution < -0.4 is 5.73 Å². The second-order valence-corrected chi connectivity index (χ2v) is 6.30. The molecule has 0 aromatic heterocycles. The first-order valence-electron chi connectivity index (χ1n) is 7.92. The summed E-state index contributed by atoms with van der Waals surface area (Å²) in [6.45, 7) is 2.39. The van der Waals surface area contributed by atoms with Crippen LogP contribution in [0.3, 0.4) is 0 Å². The molecule has 2 N–H and O–H groups in total. The van der Waals surface area contributed by atoms with Crippen molar-refractivity contribution in [1.29, 1.82) is 0 Å². The molecule has 1 aromatic rings. The lowest BCUT2D eigenvalue weighted by atomic mass is 9.96. The van der Waals surface area contributed by atoms with Crippen LogP contribution in [0.4, 0.5) is 0 Å². The van der Waals surface area contributed by atoms with E-state index in [1.165, 1.54) is 0 Å². The molecular weight excluding hydrogens is 310 g/mol. The van der Waals surface area contributed by atoms with Gasteiger partial charge in [0.25, 0.3) is 11.8 Å². The lowest BCUT2D eigenvalue weighted by molar-refractivity contribution is -0.135. The molecule has 126 valence electrons. The number of piperidine rings is 1. The number of fused-ring (bicyclic) bond motifs is 1. The lowest BCUT2D eigenvalue weighted by Gasteiger charge is -2.31. The van der Waals surface area contributed by atoms with Gasteiger partial charge in [-0.3, -0.25) is 24.1 Å². The zero-order valence-electron chi connectivity index (χ0n) is 13.4. The molecule has 4 amide bonds. The van der Waals surface area contributed by atoms with E-state index >= 15 is 0 Å². The van der Waals surface area contributed by atoms with E-state index in [1.54, 1.807) is 23.1 Å². The number of nitrogens with zero attached hydrogens (tertiary/aromatic N) is 2. The summed E-state index contributed by atoms with van der Waals surface area (Å²) >= 11 is 0. The molecule has 2 heterocycles. The summed E-state index contributed by atoms with van der Waals surface area (Å²) in [6.07, 6.45) is 1.03. The number of imide groups is 1. The molecule has 0 radical (unpaired) electrons. The van der Waals surface area contributed by atoms with Crippen molar-refractivity contribution in [2.75, 3.05) is 19.6 Å². The highest BCUT2D eigenvalue weighted by molar-refractivity contribution is 6.22. The van der Waals surface area contributed by atoms with Gasteiger partial charge < -0.3 is 10.6 Å². The SMILES string of the molecule is Cc1ccc2c(c1)C(=O)N(CC(=O)N1CCC(C(N)=O)CC1)C2=O. The molecule has 24 heavy (non-hydrogen) atoms. The predicted octanol–water partition coefficient (Wildman–Crippen LogP) is 0.315. The van der Waals surface area contributed by atoms with Crippen LogP contribution in [0, 0.1) is 12.8 Å². The average molecular weight is 329 g/mol. The summed E-state index contributed by atoms with van der Waals surface area (Å²) in [5.41, 5.74) is 6.85. The zero-order valence-corrected chi connectivity index (χ0v) is 13.4. The Labute approximate surface area is 139 Å². The van der Waals surface area contributed by atoms with Crippen LogP contribution in [-0.4, -0.2) is 53.1 Å². The fourth-order valence-corrected chi connectivity index (χ4v) is 3.20. The van der Waals surface area contributed by atoms with Gasteiger partial charge in [0.1, 0.15) is 6.54 Å². The van der Waals surface area contributed by atoms with Crippen LogP contribution in [0.25, 0.3) is 0 Å². The van der Waals surface area contributed by atoms with E-state index in [0.717, 1.165) is 10.5 Å². The van der Waals surface area contributed by atoms with Gasteiger partial charge in [-0.25, -0.2) is 0 Å². The number of hydrogen-bond acceptors (Lipinski definition) is 4. The van der Waals surface area contributed by atoms with Gasteiger partial charge in [-0.15, -0.1) is 0 Å². The Hall–Kier alpha value is -2.70. The van der Waals surface area contributed by atoms with Crippen molar-refractivity contribution in [3.63, 3.8) is 0 Å². The first kappa shape index (κ1) is 16.2. The van der Waals surface area contributed by atoms with Gasteiger partial charge in [-0.05, 0) is 31.9 Å². The minimum Gasteiger partial charge on any atom is -0.369 e. The van der Waals surface area contributed by atoms with E-state index in [-0.39, 0.29) is 24.3 Å². The normalized spacial score (nSPS) is 18.0. The van der Waals surface area contributed by atoms with Gasteiger partial charge in [-0.1, -0.05) is 11.6 Å². The van der Waals surface area contributed by atoms with Gasteiger partial charge in [-0.2, -0.15) is 0 Å². The summed E-state index contributed by atoms with van der Waals surface area (Å²) in [7, 11) is 0. The minimum atomic E-state index is -0.435. The molecule has 1 aromatic carbocycles. The maximum Gasteiger partial charge on any atom is 0.262 e. The van der Waals surface area contributed by atoms with Crippen molar-refractivity contribution in [2.45, 2.75) is 19.8 Å². The maximum absolute atomic E-state index is 12.4. The third kappa shape index (κ3) is 2.77. The van der Waals surface area contributed by atoms with Crippen LogP contribution in [0.5, 0.6) is 0 Å². The number of likely N-dealkylation sites (tertiary alicyclic amines) is 1. The van der Waals surface area contributed by atoms with Crippen LogP contribution >= 0.6 is 0 Å². The smallest absolute Gasteiger partial charge is 0.262 e. The number of nitrogens with two attached hydrogens (primary N) is 1. The first-order chi connectivity index (χ1) is 11.4. The average Bonchev–Trinajstić information content (AvgIpc) is 2.79. The van der Waals surface area contributed by atoms with Gasteiger partial charge >= 0.3 is 0 Å². The summed E-state index contributed by atoms with van der Waals surface area (Å²) in [6, 6.07) is 5.05. The molecule has 2 aliphatic heterocycles. The molecule has 0 spiro atoms. The van der Waals surface area contributed by atoms with Gasteiger partial charge in [0, 0.05) is 19.0 Å². The van der Waals surface area contributed by atoms with E-state index in [1.807, 2.05) is 6.92 Å². The number of hydrogen-bond donors (Lipinski definition) is 1. The van der Waals surface area contributed by atoms with Crippen molar-refractivity contribution in [2.24, 2.45) is 11.7 Å². The van der Waals surface area contributed by atoms with E-state index in [9.17, 15) is 19.2 Å². The topological polar surface area (TPSA) is 101 Å². The molecule has 7 nitrogen and oxygen atoms in total. The number of benzene rings is 1. The Morgan fingerprint density at radius 2 is 1.75 bits per heavy atom. The highest BCUT2D eigenvalue weighted by atomic mass is 16.2. The quantitative estimate of drug-likeness (QED) is 0.807. The second kappa shape index (κ2) is 6.07. The summed E-state index contributed by atoms with van der Waals surface area (Å²) < 4.78 is 0. The Morgan fingerprint density at radius 1 is 1.12 bits per heavy atom. The Balaban J connectivity index is 1.67. The number of aryl methyl sites for hydroxylation is 1. The summed E-state index contributed by atoms with van der Waals surface area (Å²) in [5, 5.41) is 0. The molecule has 1 fully saturated rings. The number of primary amides is 1. The van der Waals surface area contributed by atoms with Crippen LogP contribution in [0.2, 0.25) is 0 Å². The van der Waals surface area contributed by atoms with Crippen LogP contribution in [-0.2, 0) is 9.59 Å². The lowest BCUT2D eigenvalue weighted by Crippen LogP contribution is -2.47. The number of rotatable bonds is 3. The highest BCUT2D eigenvalue weighted by Gasteiger charge is 2.37. The predicted molar refractivity (Wildman–Crippen MR) is 85.0 cm³/mol. The first-order valence-corrected chi connectivity index (χ1v) is 7.92. The largest absolute Gasteiger partial charge is 0.369 e. The number of amides is 4. The van der Waals surface area contributed by atoms with Crippen molar-refractivity contribution >= 4 is 23.6 Å². The molecule has 0 saturated carbocycles. The number of carbonyl (C=O) groups is 4. The Morgan fingerprint density at radius 3 is 2.38 bits per heavy atom. The standard InChI is InChI=1S/C17H19N3O4/c1-10-2-3-12-13(8-10)17(24)20(16(12)23)9-14(21)19-6-4-11(5-7-19)15(18)22/h2-3,8,11H,4-7,9H2,1H3,(H2,18,22). The fourth-order valence-electron chi connectivity index (χ4n) is 3.20. The van der Waals surface area contributed by atoms with Gasteiger partial charge in [0.15, 0.2) is 0 Å². The van der Waals surface area contributed by atoms with Crippen molar-refractivity contribution in [3.8, 4) is 0 Å². The van der Waals surface area contributed by atoms with Gasteiger partial charge in [0.2, 0.25) is 11.8 Å². The zero-order chi connectivity index (χ0) is 17.4. The van der Waals surface area contributed by atoms with Crippen molar-refractivity contribution in [3.05, 3.63) is 34.9 Å². The van der Waals surface area contributed by atoms with E-state index in [0.29, 0.717) is 37.1 Å². The minimum absolute atomic E-state index is 0.212.